The van der Waals surface area contributed by atoms with Crippen LogP contribution in [0, 0.1) is 5.92 Å². The van der Waals surface area contributed by atoms with Crippen LogP contribution in [0.25, 0.3) is 0 Å². The van der Waals surface area contributed by atoms with Gasteiger partial charge in [0.05, 0.1) is 19.1 Å². The number of carbonyl (C=O) groups is 2. The van der Waals surface area contributed by atoms with Gasteiger partial charge in [-0.3, -0.25) is 19.5 Å². The van der Waals surface area contributed by atoms with E-state index in [2.05, 4.69) is 15.3 Å². The van der Waals surface area contributed by atoms with E-state index in [0.29, 0.717) is 18.0 Å². The number of aliphatic imine (C=N–C) groups is 1. The first-order valence-corrected chi connectivity index (χ1v) is 8.79. The lowest BCUT2D eigenvalue weighted by Gasteiger charge is -2.31. The van der Waals surface area contributed by atoms with Gasteiger partial charge in [0.1, 0.15) is 5.75 Å². The molecule has 1 aromatic carbocycles. The second-order valence-electron chi connectivity index (χ2n) is 5.86. The third kappa shape index (κ3) is 4.37. The van der Waals surface area contributed by atoms with Crippen LogP contribution in [0.3, 0.4) is 0 Å². The maximum Gasteiger partial charge on any atom is 0.251 e. The second-order valence-corrected chi connectivity index (χ2v) is 6.24. The van der Waals surface area contributed by atoms with Crippen LogP contribution in [-0.4, -0.2) is 46.3 Å². The van der Waals surface area contributed by atoms with Gasteiger partial charge in [-0.15, -0.1) is 0 Å². The van der Waals surface area contributed by atoms with Crippen LogP contribution >= 0.6 is 12.2 Å². The number of carbonyl (C=O) groups excluding carboxylic acids is 2. The fourth-order valence-electron chi connectivity index (χ4n) is 2.66. The molecule has 2 aromatic rings. The molecule has 0 unspecified atom stereocenters. The highest BCUT2D eigenvalue weighted by Gasteiger charge is 2.38. The lowest BCUT2D eigenvalue weighted by Crippen LogP contribution is -2.58. The minimum Gasteiger partial charge on any atom is -0.497 e. The van der Waals surface area contributed by atoms with Gasteiger partial charge in [-0.05, 0) is 30.8 Å². The molecule has 1 saturated heterocycles. The number of thiocarbonyl (C=S) groups is 1. The van der Waals surface area contributed by atoms with Crippen LogP contribution in [-0.2, 0) is 16.1 Å². The Kier molecular flexibility index (Phi) is 5.92. The van der Waals surface area contributed by atoms with E-state index < -0.39 is 17.7 Å². The number of amides is 2. The van der Waals surface area contributed by atoms with E-state index in [4.69, 9.17) is 17.0 Å². The summed E-state index contributed by atoms with van der Waals surface area (Å²) in [6.45, 7) is 1.26. The number of rotatable bonds is 7. The second kappa shape index (κ2) is 8.54. The van der Waals surface area contributed by atoms with Crippen molar-refractivity contribution in [2.24, 2.45) is 10.9 Å². The Hall–Kier alpha value is -3.07. The molecule has 2 heterocycles. The molecule has 3 rings (SSSR count). The van der Waals surface area contributed by atoms with Crippen molar-refractivity contribution in [3.63, 3.8) is 0 Å². The van der Waals surface area contributed by atoms with Gasteiger partial charge in [-0.2, -0.15) is 0 Å². The van der Waals surface area contributed by atoms with Gasteiger partial charge in [0.25, 0.3) is 5.91 Å². The fraction of sp³-hybridized carbons (Fsp3) is 0.278. The Morgan fingerprint density at radius 2 is 2.26 bits per heavy atom. The number of aryl methyl sites for hydroxylation is 1. The number of nitrogens with one attached hydrogen (secondary N) is 1. The number of methoxy groups -OCH3 is 1. The lowest BCUT2D eigenvalue weighted by atomic mass is 10.1. The molecule has 0 aliphatic carbocycles. The highest BCUT2D eigenvalue weighted by Crippen LogP contribution is 2.24. The van der Waals surface area contributed by atoms with Crippen molar-refractivity contribution in [3.8, 4) is 5.75 Å². The van der Waals surface area contributed by atoms with E-state index in [1.807, 2.05) is 10.8 Å². The predicted octanol–water partition coefficient (Wildman–Crippen LogP) is 1.42. The molecule has 1 aliphatic heterocycles. The number of hydrogen-bond acceptors (Lipinski definition) is 6. The molecular weight excluding hydrogens is 366 g/mol. The van der Waals surface area contributed by atoms with Gasteiger partial charge >= 0.3 is 0 Å². The summed E-state index contributed by atoms with van der Waals surface area (Å²) in [5, 5.41) is 2.61. The van der Waals surface area contributed by atoms with Gasteiger partial charge in [-0.1, -0.05) is 6.07 Å². The minimum atomic E-state index is -1.02. The number of aromatic nitrogens is 2. The molecule has 140 valence electrons. The molecule has 0 bridgehead atoms. The largest absolute Gasteiger partial charge is 0.497 e. The van der Waals surface area contributed by atoms with E-state index in [1.165, 1.54) is 18.2 Å². The number of imidazole rings is 1. The molecule has 1 fully saturated rings. The Morgan fingerprint density at radius 3 is 3.00 bits per heavy atom. The molecule has 0 radical (unpaired) electrons. The summed E-state index contributed by atoms with van der Waals surface area (Å²) in [7, 11) is 1.54. The molecule has 1 aromatic heterocycles. The zero-order valence-electron chi connectivity index (χ0n) is 14.7. The van der Waals surface area contributed by atoms with E-state index in [9.17, 15) is 9.59 Å². The summed E-state index contributed by atoms with van der Waals surface area (Å²) in [6.07, 6.45) is 7.47. The fourth-order valence-corrected chi connectivity index (χ4v) is 2.96. The third-order valence-corrected chi connectivity index (χ3v) is 4.32. The Morgan fingerprint density at radius 1 is 1.41 bits per heavy atom. The van der Waals surface area contributed by atoms with Crippen LogP contribution in [0.15, 0.2) is 48.0 Å². The average Bonchev–Trinajstić information content (AvgIpc) is 3.17. The first kappa shape index (κ1) is 18.7. The van der Waals surface area contributed by atoms with Gasteiger partial charge in [0.2, 0.25) is 5.91 Å². The maximum absolute atomic E-state index is 12.8. The van der Waals surface area contributed by atoms with Gasteiger partial charge in [0.15, 0.2) is 11.0 Å². The topological polar surface area (TPSA) is 88.8 Å². The van der Waals surface area contributed by atoms with E-state index >= 15 is 0 Å². The van der Waals surface area contributed by atoms with Crippen molar-refractivity contribution in [2.45, 2.75) is 13.0 Å². The molecule has 2 amide bonds. The van der Waals surface area contributed by atoms with Crippen molar-refractivity contribution < 1.29 is 14.3 Å². The summed E-state index contributed by atoms with van der Waals surface area (Å²) in [5.74, 6) is -1.33. The van der Waals surface area contributed by atoms with Gasteiger partial charge in [0, 0.05) is 37.8 Å². The summed E-state index contributed by atoms with van der Waals surface area (Å²) >= 11 is 5.17. The molecule has 1 atom stereocenters. The monoisotopic (exact) mass is 385 g/mol. The number of ether oxygens (including phenoxy) is 1. The normalized spacial score (nSPS) is 17.4. The molecule has 8 nitrogen and oxygen atoms in total. The van der Waals surface area contributed by atoms with E-state index in [-0.39, 0.29) is 5.11 Å². The summed E-state index contributed by atoms with van der Waals surface area (Å²) in [4.78, 5) is 34.5. The van der Waals surface area contributed by atoms with Gasteiger partial charge in [-0.25, -0.2) is 4.98 Å². The van der Waals surface area contributed by atoms with Crippen molar-refractivity contribution in [2.75, 3.05) is 18.6 Å². The van der Waals surface area contributed by atoms with Crippen LogP contribution in [0.2, 0.25) is 0 Å². The highest BCUT2D eigenvalue weighted by atomic mass is 32.1. The van der Waals surface area contributed by atoms with Crippen LogP contribution < -0.4 is 15.0 Å². The zero-order valence-corrected chi connectivity index (χ0v) is 15.6. The SMILES string of the molecule is COc1cccc(N2C(=O)[C@@H](C=NCCCn3ccnc3)C(=O)NC2=S)c1. The molecule has 0 spiro atoms. The number of benzene rings is 1. The van der Waals surface area contributed by atoms with Gasteiger partial charge < -0.3 is 14.6 Å². The van der Waals surface area contributed by atoms with Crippen LogP contribution in [0.4, 0.5) is 5.69 Å². The Bertz CT molecular complexity index is 866. The van der Waals surface area contributed by atoms with Crippen LogP contribution in [0.1, 0.15) is 6.42 Å². The number of hydrogen-bond donors (Lipinski definition) is 1. The number of anilines is 1. The van der Waals surface area contributed by atoms with Crippen molar-refractivity contribution in [3.05, 3.63) is 43.0 Å². The zero-order chi connectivity index (χ0) is 19.2. The molecular formula is C18H19N5O3S. The maximum atomic E-state index is 12.8. The predicted molar refractivity (Wildman–Crippen MR) is 105 cm³/mol. The molecule has 9 heteroatoms. The Balaban J connectivity index is 1.67. The van der Waals surface area contributed by atoms with E-state index in [0.717, 1.165) is 13.0 Å². The average molecular weight is 385 g/mol. The van der Waals surface area contributed by atoms with Crippen molar-refractivity contribution in [1.82, 2.24) is 14.9 Å². The first-order valence-electron chi connectivity index (χ1n) is 8.38. The quantitative estimate of drug-likeness (QED) is 0.337. The molecule has 1 N–H and O–H groups in total. The van der Waals surface area contributed by atoms with Crippen LogP contribution in [0.5, 0.6) is 5.75 Å². The summed E-state index contributed by atoms with van der Waals surface area (Å²) in [6, 6.07) is 6.92. The summed E-state index contributed by atoms with van der Waals surface area (Å²) in [5.41, 5.74) is 0.530. The minimum absolute atomic E-state index is 0.0445. The summed E-state index contributed by atoms with van der Waals surface area (Å²) < 4.78 is 7.13. The molecule has 1 aliphatic rings. The van der Waals surface area contributed by atoms with Crippen molar-refractivity contribution >= 4 is 41.0 Å². The third-order valence-electron chi connectivity index (χ3n) is 4.03. The Labute approximate surface area is 161 Å². The molecule has 0 saturated carbocycles. The first-order chi connectivity index (χ1) is 13.1. The van der Waals surface area contributed by atoms with E-state index in [1.54, 1.807) is 36.8 Å². The standard InChI is InChI=1S/C18H19N5O3S/c1-26-14-5-2-4-13(10-14)23-17(25)15(16(24)21-18(23)27)11-19-6-3-8-22-9-7-20-12-22/h2,4-5,7,9-12,15H,3,6,8H2,1H3,(H,21,24,27)/t15-/m0/s1. The van der Waals surface area contributed by atoms with Crippen molar-refractivity contribution in [1.29, 1.82) is 0 Å². The lowest BCUT2D eigenvalue weighted by molar-refractivity contribution is -0.130. The highest BCUT2D eigenvalue weighted by molar-refractivity contribution is 7.80. The number of nitrogens with zero attached hydrogens (tertiary/aromatic N) is 4. The molecule has 27 heavy (non-hydrogen) atoms. The smallest absolute Gasteiger partial charge is 0.251 e.